The number of nitrogens with one attached hydrogen (secondary N) is 2. The first kappa shape index (κ1) is 13.3. The molecule has 0 saturated heterocycles. The van der Waals surface area contributed by atoms with Crippen LogP contribution in [0.15, 0.2) is 18.3 Å². The molecule has 0 amide bonds. The lowest BCUT2D eigenvalue weighted by Crippen LogP contribution is -2.25. The summed E-state index contributed by atoms with van der Waals surface area (Å²) in [5.74, 6) is 1.06. The number of thiophene rings is 1. The average molecular weight is 263 g/mol. The second-order valence-electron chi connectivity index (χ2n) is 4.72. The molecule has 0 spiro atoms. The molecule has 0 aliphatic heterocycles. The number of nitrogens with zero attached hydrogens (tertiary/aromatic N) is 1. The van der Waals surface area contributed by atoms with Gasteiger partial charge in [0.2, 0.25) is 0 Å². The summed E-state index contributed by atoms with van der Waals surface area (Å²) in [7, 11) is 0. The molecular weight excluding hydrogens is 242 g/mol. The third kappa shape index (κ3) is 3.43. The van der Waals surface area contributed by atoms with Crippen LogP contribution in [0.25, 0.3) is 10.6 Å². The number of aromatic amines is 1. The van der Waals surface area contributed by atoms with Gasteiger partial charge in [0.15, 0.2) is 0 Å². The molecule has 4 heteroatoms. The van der Waals surface area contributed by atoms with Gasteiger partial charge in [-0.15, -0.1) is 11.3 Å². The number of hydrogen-bond acceptors (Lipinski definition) is 3. The van der Waals surface area contributed by atoms with Crippen molar-refractivity contribution in [1.82, 2.24) is 15.3 Å². The van der Waals surface area contributed by atoms with E-state index >= 15 is 0 Å². The second-order valence-corrected chi connectivity index (χ2v) is 5.89. The number of aryl methyl sites for hydroxylation is 1. The van der Waals surface area contributed by atoms with Crippen molar-refractivity contribution >= 4 is 11.3 Å². The Kier molecular flexibility index (Phi) is 4.55. The minimum Gasteiger partial charge on any atom is -0.341 e. The first-order valence-corrected chi connectivity index (χ1v) is 7.37. The molecule has 2 rings (SSSR count). The quantitative estimate of drug-likeness (QED) is 0.840. The fourth-order valence-corrected chi connectivity index (χ4v) is 2.72. The molecule has 2 N–H and O–H groups in total. The van der Waals surface area contributed by atoms with Gasteiger partial charge in [-0.05, 0) is 18.6 Å². The maximum absolute atomic E-state index is 4.44. The molecule has 2 aromatic heterocycles. The molecule has 2 aromatic rings. The highest BCUT2D eigenvalue weighted by Crippen LogP contribution is 2.26. The Labute approximate surface area is 113 Å². The van der Waals surface area contributed by atoms with Crippen molar-refractivity contribution in [2.45, 2.75) is 39.7 Å². The van der Waals surface area contributed by atoms with Crippen LogP contribution in [0.5, 0.6) is 0 Å². The van der Waals surface area contributed by atoms with Gasteiger partial charge in [-0.1, -0.05) is 20.8 Å². The van der Waals surface area contributed by atoms with E-state index in [9.17, 15) is 0 Å². The third-order valence-corrected chi connectivity index (χ3v) is 4.08. The monoisotopic (exact) mass is 263 g/mol. The van der Waals surface area contributed by atoms with Crippen molar-refractivity contribution < 1.29 is 0 Å². The predicted molar refractivity (Wildman–Crippen MR) is 78.1 cm³/mol. The van der Waals surface area contributed by atoms with E-state index in [-0.39, 0.29) is 0 Å². The SMILES string of the molecule is CCc1ccc(-c2cnc(CCNC(C)C)[nH]2)s1. The lowest BCUT2D eigenvalue weighted by atomic mass is 10.3. The van der Waals surface area contributed by atoms with Gasteiger partial charge in [-0.25, -0.2) is 4.98 Å². The van der Waals surface area contributed by atoms with Crippen molar-refractivity contribution in [1.29, 1.82) is 0 Å². The molecule has 0 aliphatic rings. The van der Waals surface area contributed by atoms with E-state index < -0.39 is 0 Å². The van der Waals surface area contributed by atoms with Crippen LogP contribution in [0.4, 0.5) is 0 Å². The van der Waals surface area contributed by atoms with Crippen LogP contribution in [0.3, 0.4) is 0 Å². The summed E-state index contributed by atoms with van der Waals surface area (Å²) in [5.41, 5.74) is 1.14. The zero-order valence-corrected chi connectivity index (χ0v) is 12.1. The fraction of sp³-hybridized carbons (Fsp3) is 0.500. The standard InChI is InChI=1S/C14H21N3S/c1-4-11-5-6-13(18-11)12-9-16-14(17-12)7-8-15-10(2)3/h5-6,9-10,15H,4,7-8H2,1-3H3,(H,16,17). The Bertz CT molecular complexity index is 485. The van der Waals surface area contributed by atoms with E-state index in [2.05, 4.69) is 48.2 Å². The van der Waals surface area contributed by atoms with Gasteiger partial charge in [0, 0.05) is 23.9 Å². The lowest BCUT2D eigenvalue weighted by Gasteiger charge is -2.05. The summed E-state index contributed by atoms with van der Waals surface area (Å²) in [6.45, 7) is 7.47. The van der Waals surface area contributed by atoms with E-state index in [4.69, 9.17) is 0 Å². The molecule has 0 saturated carbocycles. The Hall–Kier alpha value is -1.13. The number of hydrogen-bond donors (Lipinski definition) is 2. The van der Waals surface area contributed by atoms with Gasteiger partial charge in [-0.2, -0.15) is 0 Å². The number of aromatic nitrogens is 2. The summed E-state index contributed by atoms with van der Waals surface area (Å²) in [4.78, 5) is 10.5. The van der Waals surface area contributed by atoms with Crippen molar-refractivity contribution in [2.24, 2.45) is 0 Å². The lowest BCUT2D eigenvalue weighted by molar-refractivity contribution is 0.584. The van der Waals surface area contributed by atoms with Crippen molar-refractivity contribution in [3.8, 4) is 10.6 Å². The molecule has 0 bridgehead atoms. The zero-order valence-electron chi connectivity index (χ0n) is 11.3. The van der Waals surface area contributed by atoms with Crippen LogP contribution in [0.2, 0.25) is 0 Å². The Morgan fingerprint density at radius 2 is 2.22 bits per heavy atom. The molecule has 0 unspecified atom stereocenters. The van der Waals surface area contributed by atoms with Crippen molar-refractivity contribution in [2.75, 3.05) is 6.54 Å². The maximum Gasteiger partial charge on any atom is 0.107 e. The molecule has 0 aromatic carbocycles. The number of H-pyrrole nitrogens is 1. The highest BCUT2D eigenvalue weighted by molar-refractivity contribution is 7.15. The van der Waals surface area contributed by atoms with Gasteiger partial charge < -0.3 is 10.3 Å². The van der Waals surface area contributed by atoms with Crippen LogP contribution >= 0.6 is 11.3 Å². The summed E-state index contributed by atoms with van der Waals surface area (Å²) in [5, 5.41) is 3.40. The molecule has 18 heavy (non-hydrogen) atoms. The minimum atomic E-state index is 0.531. The molecule has 0 fully saturated rings. The molecule has 2 heterocycles. The number of imidazole rings is 1. The number of rotatable bonds is 6. The Morgan fingerprint density at radius 1 is 1.39 bits per heavy atom. The topological polar surface area (TPSA) is 40.7 Å². The Morgan fingerprint density at radius 3 is 2.89 bits per heavy atom. The summed E-state index contributed by atoms with van der Waals surface area (Å²) in [6.07, 6.45) is 3.99. The van der Waals surface area contributed by atoms with E-state index in [0.717, 1.165) is 30.9 Å². The zero-order chi connectivity index (χ0) is 13.0. The highest BCUT2D eigenvalue weighted by Gasteiger charge is 2.06. The van der Waals surface area contributed by atoms with Crippen LogP contribution in [-0.2, 0) is 12.8 Å². The predicted octanol–water partition coefficient (Wildman–Crippen LogP) is 3.24. The Balaban J connectivity index is 1.97. The largest absolute Gasteiger partial charge is 0.341 e. The average Bonchev–Trinajstić information content (AvgIpc) is 2.95. The van der Waals surface area contributed by atoms with E-state index in [1.807, 2.05) is 17.5 Å². The van der Waals surface area contributed by atoms with E-state index in [1.165, 1.54) is 9.75 Å². The molecule has 3 nitrogen and oxygen atoms in total. The van der Waals surface area contributed by atoms with E-state index in [0.29, 0.717) is 6.04 Å². The molecule has 0 atom stereocenters. The van der Waals surface area contributed by atoms with Crippen LogP contribution in [0, 0.1) is 0 Å². The van der Waals surface area contributed by atoms with Crippen LogP contribution in [0.1, 0.15) is 31.5 Å². The van der Waals surface area contributed by atoms with Gasteiger partial charge in [0.1, 0.15) is 5.82 Å². The van der Waals surface area contributed by atoms with Gasteiger partial charge >= 0.3 is 0 Å². The first-order valence-electron chi connectivity index (χ1n) is 6.55. The third-order valence-electron chi connectivity index (χ3n) is 2.82. The van der Waals surface area contributed by atoms with Crippen molar-refractivity contribution in [3.05, 3.63) is 29.0 Å². The molecule has 98 valence electrons. The smallest absolute Gasteiger partial charge is 0.107 e. The first-order chi connectivity index (χ1) is 8.69. The normalized spacial score (nSPS) is 11.3. The summed E-state index contributed by atoms with van der Waals surface area (Å²) >= 11 is 1.84. The molecular formula is C14H21N3S. The van der Waals surface area contributed by atoms with Crippen molar-refractivity contribution in [3.63, 3.8) is 0 Å². The minimum absolute atomic E-state index is 0.531. The van der Waals surface area contributed by atoms with E-state index in [1.54, 1.807) is 0 Å². The summed E-state index contributed by atoms with van der Waals surface area (Å²) < 4.78 is 0. The fourth-order valence-electron chi connectivity index (χ4n) is 1.81. The van der Waals surface area contributed by atoms with Gasteiger partial charge in [0.05, 0.1) is 16.8 Å². The molecule has 0 radical (unpaired) electrons. The maximum atomic E-state index is 4.44. The van der Waals surface area contributed by atoms with Gasteiger partial charge in [-0.3, -0.25) is 0 Å². The second kappa shape index (κ2) is 6.16. The van der Waals surface area contributed by atoms with Crippen LogP contribution in [-0.4, -0.2) is 22.6 Å². The highest BCUT2D eigenvalue weighted by atomic mass is 32.1. The molecule has 0 aliphatic carbocycles. The summed E-state index contributed by atoms with van der Waals surface area (Å²) in [6, 6.07) is 4.90. The van der Waals surface area contributed by atoms with Crippen LogP contribution < -0.4 is 5.32 Å². The van der Waals surface area contributed by atoms with Gasteiger partial charge in [0.25, 0.3) is 0 Å².